The quantitative estimate of drug-likeness (QED) is 0.861. The second-order valence-electron chi connectivity index (χ2n) is 5.28. The third-order valence-electron chi connectivity index (χ3n) is 3.58. The van der Waals surface area contributed by atoms with Gasteiger partial charge in [0, 0.05) is 19.1 Å². The van der Waals surface area contributed by atoms with E-state index in [0.29, 0.717) is 6.07 Å². The number of rotatable bonds is 3. The van der Waals surface area contributed by atoms with Crippen molar-refractivity contribution in [2.24, 2.45) is 0 Å². The van der Waals surface area contributed by atoms with Gasteiger partial charge in [-0.05, 0) is 44.1 Å². The van der Waals surface area contributed by atoms with Gasteiger partial charge in [-0.3, -0.25) is 0 Å². The minimum absolute atomic E-state index is 0.0899. The minimum atomic E-state index is -4.53. The predicted molar refractivity (Wildman–Crippen MR) is 68.8 cm³/mol. The smallest absolute Gasteiger partial charge is 0.309 e. The van der Waals surface area contributed by atoms with Gasteiger partial charge in [0.05, 0.1) is 5.56 Å². The first-order valence-electron chi connectivity index (χ1n) is 6.64. The Balaban J connectivity index is 2.05. The van der Waals surface area contributed by atoms with Gasteiger partial charge in [0.2, 0.25) is 0 Å². The first-order chi connectivity index (χ1) is 9.36. The van der Waals surface area contributed by atoms with Crippen LogP contribution in [0.5, 0.6) is 0 Å². The van der Waals surface area contributed by atoms with E-state index in [4.69, 9.17) is 0 Å². The molecule has 1 aromatic rings. The number of hydrogen-bond donors (Lipinski definition) is 1. The van der Waals surface area contributed by atoms with Gasteiger partial charge in [0.1, 0.15) is 5.82 Å². The van der Waals surface area contributed by atoms with Crippen LogP contribution in [0, 0.1) is 5.82 Å². The lowest BCUT2D eigenvalue weighted by molar-refractivity contribution is -0.138. The van der Waals surface area contributed by atoms with Gasteiger partial charge < -0.3 is 10.2 Å². The third kappa shape index (κ3) is 3.93. The Bertz CT molecular complexity index is 459. The fourth-order valence-corrected chi connectivity index (χ4v) is 2.55. The van der Waals surface area contributed by atoms with Crippen LogP contribution in [0.1, 0.15) is 24.0 Å². The van der Waals surface area contributed by atoms with Crippen LogP contribution in [0.25, 0.3) is 0 Å². The summed E-state index contributed by atoms with van der Waals surface area (Å²) in [4.78, 5) is 2.15. The maximum absolute atomic E-state index is 13.0. The van der Waals surface area contributed by atoms with Crippen molar-refractivity contribution in [2.75, 3.05) is 20.1 Å². The van der Waals surface area contributed by atoms with Crippen molar-refractivity contribution in [3.05, 3.63) is 35.1 Å². The van der Waals surface area contributed by atoms with E-state index >= 15 is 0 Å². The van der Waals surface area contributed by atoms with Crippen LogP contribution in [-0.4, -0.2) is 31.1 Å². The second kappa shape index (κ2) is 6.10. The molecular formula is C14H18F4N2. The van der Waals surface area contributed by atoms with Gasteiger partial charge >= 0.3 is 6.18 Å². The third-order valence-corrected chi connectivity index (χ3v) is 3.58. The number of likely N-dealkylation sites (N-methyl/N-ethyl adjacent to an activating group) is 1. The highest BCUT2D eigenvalue weighted by Crippen LogP contribution is 2.32. The molecule has 0 amide bonds. The molecule has 0 aliphatic carbocycles. The van der Waals surface area contributed by atoms with Crippen LogP contribution in [-0.2, 0) is 12.7 Å². The first kappa shape index (κ1) is 15.3. The molecule has 2 nitrogen and oxygen atoms in total. The lowest BCUT2D eigenvalue weighted by Gasteiger charge is -2.30. The van der Waals surface area contributed by atoms with E-state index < -0.39 is 17.6 Å². The largest absolute Gasteiger partial charge is 0.416 e. The van der Waals surface area contributed by atoms with Crippen LogP contribution in [0.2, 0.25) is 0 Å². The summed E-state index contributed by atoms with van der Waals surface area (Å²) in [5.74, 6) is -0.863. The maximum Gasteiger partial charge on any atom is 0.416 e. The Kier molecular flexibility index (Phi) is 4.65. The SMILES string of the molecule is CN1CCCC(NCc2ccc(F)cc2C(F)(F)F)C1. The Hall–Kier alpha value is -1.14. The Morgan fingerprint density at radius 2 is 2.10 bits per heavy atom. The molecule has 0 bridgehead atoms. The molecule has 1 fully saturated rings. The molecule has 112 valence electrons. The summed E-state index contributed by atoms with van der Waals surface area (Å²) < 4.78 is 51.6. The number of nitrogens with zero attached hydrogens (tertiary/aromatic N) is 1. The zero-order chi connectivity index (χ0) is 14.8. The zero-order valence-corrected chi connectivity index (χ0v) is 11.3. The van der Waals surface area contributed by atoms with E-state index in [9.17, 15) is 17.6 Å². The highest BCUT2D eigenvalue weighted by atomic mass is 19.4. The molecule has 1 unspecified atom stereocenters. The van der Waals surface area contributed by atoms with Gasteiger partial charge in [-0.15, -0.1) is 0 Å². The number of halogens is 4. The molecule has 2 rings (SSSR count). The number of hydrogen-bond acceptors (Lipinski definition) is 2. The molecule has 0 radical (unpaired) electrons. The number of piperidine rings is 1. The number of alkyl halides is 3. The van der Waals surface area contributed by atoms with Crippen molar-refractivity contribution in [1.29, 1.82) is 0 Å². The summed E-state index contributed by atoms with van der Waals surface area (Å²) in [6.07, 6.45) is -2.54. The molecule has 20 heavy (non-hydrogen) atoms. The lowest BCUT2D eigenvalue weighted by atomic mass is 10.0. The Labute approximate surface area is 115 Å². The molecule has 1 aliphatic heterocycles. The topological polar surface area (TPSA) is 15.3 Å². The minimum Gasteiger partial charge on any atom is -0.309 e. The van der Waals surface area contributed by atoms with Gasteiger partial charge in [0.15, 0.2) is 0 Å². The van der Waals surface area contributed by atoms with Crippen molar-refractivity contribution < 1.29 is 17.6 Å². The molecule has 1 aliphatic rings. The van der Waals surface area contributed by atoms with E-state index in [0.717, 1.165) is 32.0 Å². The fraction of sp³-hybridized carbons (Fsp3) is 0.571. The Morgan fingerprint density at radius 3 is 2.75 bits per heavy atom. The summed E-state index contributed by atoms with van der Waals surface area (Å²) in [6.45, 7) is 1.94. The van der Waals surface area contributed by atoms with Crippen molar-refractivity contribution in [3.8, 4) is 0 Å². The highest BCUT2D eigenvalue weighted by Gasteiger charge is 2.33. The fourth-order valence-electron chi connectivity index (χ4n) is 2.55. The summed E-state index contributed by atoms with van der Waals surface area (Å²) in [7, 11) is 1.99. The van der Waals surface area contributed by atoms with Gasteiger partial charge in [0.25, 0.3) is 0 Å². The van der Waals surface area contributed by atoms with E-state index in [1.165, 1.54) is 6.07 Å². The predicted octanol–water partition coefficient (Wildman–Crippen LogP) is 3.03. The molecule has 0 aromatic heterocycles. The molecular weight excluding hydrogens is 272 g/mol. The van der Waals surface area contributed by atoms with Crippen molar-refractivity contribution in [3.63, 3.8) is 0 Å². The maximum atomic E-state index is 13.0. The molecule has 1 N–H and O–H groups in total. The number of benzene rings is 1. The van der Waals surface area contributed by atoms with Crippen LogP contribution in [0.15, 0.2) is 18.2 Å². The van der Waals surface area contributed by atoms with Gasteiger partial charge in [-0.2, -0.15) is 13.2 Å². The van der Waals surface area contributed by atoms with E-state index in [2.05, 4.69) is 10.2 Å². The summed E-state index contributed by atoms with van der Waals surface area (Å²) >= 11 is 0. The molecule has 0 spiro atoms. The average Bonchev–Trinajstić information content (AvgIpc) is 2.36. The highest BCUT2D eigenvalue weighted by molar-refractivity contribution is 5.30. The summed E-state index contributed by atoms with van der Waals surface area (Å²) in [6, 6.07) is 3.01. The summed E-state index contributed by atoms with van der Waals surface area (Å²) in [5, 5.41) is 3.14. The molecule has 6 heteroatoms. The van der Waals surface area contributed by atoms with E-state index in [-0.39, 0.29) is 18.2 Å². The zero-order valence-electron chi connectivity index (χ0n) is 11.3. The first-order valence-corrected chi connectivity index (χ1v) is 6.64. The van der Waals surface area contributed by atoms with Crippen LogP contribution >= 0.6 is 0 Å². The molecule has 1 heterocycles. The molecule has 1 saturated heterocycles. The van der Waals surface area contributed by atoms with Gasteiger partial charge in [-0.1, -0.05) is 6.07 Å². The average molecular weight is 290 g/mol. The number of likely N-dealkylation sites (tertiary alicyclic amines) is 1. The Morgan fingerprint density at radius 1 is 1.35 bits per heavy atom. The van der Waals surface area contributed by atoms with Crippen molar-refractivity contribution in [1.82, 2.24) is 10.2 Å². The molecule has 1 aromatic carbocycles. The standard InChI is InChI=1S/C14H18F4N2/c1-20-6-2-3-12(9-20)19-8-10-4-5-11(15)7-13(10)14(16,17)18/h4-5,7,12,19H,2-3,6,8-9H2,1H3. The monoisotopic (exact) mass is 290 g/mol. The van der Waals surface area contributed by atoms with Crippen LogP contribution in [0.3, 0.4) is 0 Å². The normalized spacial score (nSPS) is 21.1. The van der Waals surface area contributed by atoms with E-state index in [1.54, 1.807) is 0 Å². The van der Waals surface area contributed by atoms with Crippen molar-refractivity contribution in [2.45, 2.75) is 31.6 Å². The van der Waals surface area contributed by atoms with E-state index in [1.807, 2.05) is 7.05 Å². The lowest BCUT2D eigenvalue weighted by Crippen LogP contribution is -2.43. The second-order valence-corrected chi connectivity index (χ2v) is 5.28. The van der Waals surface area contributed by atoms with Crippen LogP contribution in [0.4, 0.5) is 17.6 Å². The molecule has 1 atom stereocenters. The number of nitrogens with one attached hydrogen (secondary N) is 1. The van der Waals surface area contributed by atoms with Gasteiger partial charge in [-0.25, -0.2) is 4.39 Å². The summed E-state index contributed by atoms with van der Waals surface area (Å²) in [5.41, 5.74) is -0.804. The van der Waals surface area contributed by atoms with Crippen LogP contribution < -0.4 is 5.32 Å². The van der Waals surface area contributed by atoms with Crippen molar-refractivity contribution >= 4 is 0 Å². The molecule has 0 saturated carbocycles.